The molecule has 0 saturated heterocycles. The topological polar surface area (TPSA) is 49.4 Å². The van der Waals surface area contributed by atoms with Gasteiger partial charge in [-0.25, -0.2) is 0 Å². The number of carbonyl (C=O) groups is 2. The second kappa shape index (κ2) is 7.88. The molecule has 0 aliphatic carbocycles. The summed E-state index contributed by atoms with van der Waals surface area (Å²) < 4.78 is 0. The van der Waals surface area contributed by atoms with Crippen molar-refractivity contribution < 1.29 is 9.59 Å². The summed E-state index contributed by atoms with van der Waals surface area (Å²) >= 11 is 18.2. The third kappa shape index (κ3) is 4.41. The quantitative estimate of drug-likeness (QED) is 0.810. The molecule has 0 heterocycles. The van der Waals surface area contributed by atoms with E-state index in [9.17, 15) is 9.59 Å². The number of benzene rings is 2. The molecular weight excluding hydrogens is 371 g/mol. The molecule has 24 heavy (non-hydrogen) atoms. The highest BCUT2D eigenvalue weighted by molar-refractivity contribution is 6.40. The Bertz CT molecular complexity index is 773. The van der Waals surface area contributed by atoms with E-state index in [4.69, 9.17) is 34.8 Å². The molecule has 0 spiro atoms. The Balaban J connectivity index is 2.22. The molecule has 0 radical (unpaired) electrons. The summed E-state index contributed by atoms with van der Waals surface area (Å²) in [5.74, 6) is -0.709. The van der Waals surface area contributed by atoms with E-state index < -0.39 is 0 Å². The molecule has 0 aliphatic heterocycles. The number of carbonyl (C=O) groups excluding carboxylic acids is 2. The van der Waals surface area contributed by atoms with Gasteiger partial charge in [0.25, 0.3) is 0 Å². The lowest BCUT2D eigenvalue weighted by Crippen LogP contribution is -2.37. The molecule has 0 aliphatic rings. The van der Waals surface area contributed by atoms with Gasteiger partial charge in [0.15, 0.2) is 0 Å². The van der Waals surface area contributed by atoms with Crippen LogP contribution in [0.15, 0.2) is 36.4 Å². The number of anilines is 2. The maximum absolute atomic E-state index is 12.3. The molecule has 2 amide bonds. The molecular formula is C17H15Cl3N2O2. The SMILES string of the molecule is CC(=O)N(CC(=O)Nc1ccc(Cl)cc1C)c1c(Cl)cccc1Cl. The van der Waals surface area contributed by atoms with Crippen LogP contribution in [0.2, 0.25) is 15.1 Å². The maximum atomic E-state index is 12.3. The number of nitrogens with zero attached hydrogens (tertiary/aromatic N) is 1. The van der Waals surface area contributed by atoms with E-state index in [-0.39, 0.29) is 18.4 Å². The Morgan fingerprint density at radius 3 is 2.25 bits per heavy atom. The summed E-state index contributed by atoms with van der Waals surface area (Å²) in [5.41, 5.74) is 1.76. The minimum Gasteiger partial charge on any atom is -0.324 e. The van der Waals surface area contributed by atoms with Crippen molar-refractivity contribution in [1.29, 1.82) is 0 Å². The number of nitrogens with one attached hydrogen (secondary N) is 1. The zero-order chi connectivity index (χ0) is 17.9. The molecule has 2 rings (SSSR count). The smallest absolute Gasteiger partial charge is 0.244 e. The van der Waals surface area contributed by atoms with E-state index in [1.165, 1.54) is 11.8 Å². The summed E-state index contributed by atoms with van der Waals surface area (Å²) in [5, 5.41) is 3.93. The molecule has 0 bridgehead atoms. The number of para-hydroxylation sites is 1. The summed E-state index contributed by atoms with van der Waals surface area (Å²) in [6.07, 6.45) is 0. The van der Waals surface area contributed by atoms with E-state index in [0.29, 0.717) is 26.4 Å². The lowest BCUT2D eigenvalue weighted by atomic mass is 10.2. The van der Waals surface area contributed by atoms with Crippen molar-refractivity contribution in [1.82, 2.24) is 0 Å². The first kappa shape index (κ1) is 18.6. The summed E-state index contributed by atoms with van der Waals surface area (Å²) in [4.78, 5) is 25.5. The van der Waals surface area contributed by atoms with Gasteiger partial charge >= 0.3 is 0 Å². The van der Waals surface area contributed by atoms with Crippen LogP contribution >= 0.6 is 34.8 Å². The average molecular weight is 386 g/mol. The molecule has 2 aromatic carbocycles. The number of hydrogen-bond acceptors (Lipinski definition) is 2. The molecule has 2 aromatic rings. The number of amides is 2. The third-order valence-corrected chi connectivity index (χ3v) is 4.20. The van der Waals surface area contributed by atoms with Crippen LogP contribution in [0.5, 0.6) is 0 Å². The minimum atomic E-state index is -0.369. The first-order valence-corrected chi connectivity index (χ1v) is 8.21. The Kier molecular flexibility index (Phi) is 6.10. The molecule has 0 unspecified atom stereocenters. The zero-order valence-electron chi connectivity index (χ0n) is 13.1. The second-order valence-corrected chi connectivity index (χ2v) is 6.43. The van der Waals surface area contributed by atoms with Crippen LogP contribution in [0.3, 0.4) is 0 Å². The Hall–Kier alpha value is -1.75. The molecule has 4 nitrogen and oxygen atoms in total. The number of halogens is 3. The predicted octanol–water partition coefficient (Wildman–Crippen LogP) is 4.95. The van der Waals surface area contributed by atoms with Gasteiger partial charge in [-0.1, -0.05) is 40.9 Å². The van der Waals surface area contributed by atoms with Gasteiger partial charge < -0.3 is 10.2 Å². The zero-order valence-corrected chi connectivity index (χ0v) is 15.3. The van der Waals surface area contributed by atoms with Crippen molar-refractivity contribution in [2.24, 2.45) is 0 Å². The predicted molar refractivity (Wildman–Crippen MR) is 99.3 cm³/mol. The maximum Gasteiger partial charge on any atom is 0.244 e. The fraction of sp³-hybridized carbons (Fsp3) is 0.176. The summed E-state index contributed by atoms with van der Waals surface area (Å²) in [6.45, 7) is 2.97. The molecule has 126 valence electrons. The highest BCUT2D eigenvalue weighted by Gasteiger charge is 2.21. The summed E-state index contributed by atoms with van der Waals surface area (Å²) in [6, 6.07) is 10.0. The number of hydrogen-bond donors (Lipinski definition) is 1. The van der Waals surface area contributed by atoms with Gasteiger partial charge in [-0.2, -0.15) is 0 Å². The van der Waals surface area contributed by atoms with E-state index >= 15 is 0 Å². The van der Waals surface area contributed by atoms with Gasteiger partial charge in [-0.05, 0) is 42.8 Å². The van der Waals surface area contributed by atoms with Crippen molar-refractivity contribution in [2.45, 2.75) is 13.8 Å². The second-order valence-electron chi connectivity index (χ2n) is 5.18. The molecule has 1 N–H and O–H groups in total. The van der Waals surface area contributed by atoms with Crippen molar-refractivity contribution in [3.8, 4) is 0 Å². The van der Waals surface area contributed by atoms with Gasteiger partial charge in [-0.15, -0.1) is 0 Å². The average Bonchev–Trinajstić information content (AvgIpc) is 2.48. The van der Waals surface area contributed by atoms with Crippen LogP contribution in [0.25, 0.3) is 0 Å². The van der Waals surface area contributed by atoms with Crippen molar-refractivity contribution >= 4 is 58.0 Å². The standard InChI is InChI=1S/C17H15Cl3N2O2/c1-10-8-12(18)6-7-15(10)21-16(24)9-22(11(2)23)17-13(19)4-3-5-14(17)20/h3-8H,9H2,1-2H3,(H,21,24). The molecule has 0 fully saturated rings. The first-order valence-electron chi connectivity index (χ1n) is 7.07. The highest BCUT2D eigenvalue weighted by Crippen LogP contribution is 2.33. The van der Waals surface area contributed by atoms with Gasteiger partial charge in [0, 0.05) is 17.6 Å². The molecule has 7 heteroatoms. The van der Waals surface area contributed by atoms with Crippen LogP contribution in [0.4, 0.5) is 11.4 Å². The van der Waals surface area contributed by atoms with E-state index in [2.05, 4.69) is 5.32 Å². The van der Waals surface area contributed by atoms with Crippen LogP contribution in [0, 0.1) is 6.92 Å². The molecule has 0 saturated carbocycles. The van der Waals surface area contributed by atoms with E-state index in [0.717, 1.165) is 5.56 Å². The number of aryl methyl sites for hydroxylation is 1. The lowest BCUT2D eigenvalue weighted by molar-refractivity contribution is -0.120. The van der Waals surface area contributed by atoms with Crippen molar-refractivity contribution in [2.75, 3.05) is 16.8 Å². The highest BCUT2D eigenvalue weighted by atomic mass is 35.5. The van der Waals surface area contributed by atoms with E-state index in [1.54, 1.807) is 36.4 Å². The molecule has 0 atom stereocenters. The first-order chi connectivity index (χ1) is 11.3. The van der Waals surface area contributed by atoms with Gasteiger partial charge in [-0.3, -0.25) is 9.59 Å². The van der Waals surface area contributed by atoms with Gasteiger partial charge in [0.2, 0.25) is 11.8 Å². The van der Waals surface area contributed by atoms with Gasteiger partial charge in [0.05, 0.1) is 15.7 Å². The largest absolute Gasteiger partial charge is 0.324 e. The van der Waals surface area contributed by atoms with Crippen LogP contribution < -0.4 is 10.2 Å². The van der Waals surface area contributed by atoms with Crippen LogP contribution in [-0.2, 0) is 9.59 Å². The fourth-order valence-electron chi connectivity index (χ4n) is 2.20. The van der Waals surface area contributed by atoms with Crippen LogP contribution in [-0.4, -0.2) is 18.4 Å². The Labute approximate surface area is 155 Å². The normalized spacial score (nSPS) is 10.4. The third-order valence-electron chi connectivity index (χ3n) is 3.35. The summed E-state index contributed by atoms with van der Waals surface area (Å²) in [7, 11) is 0. The monoisotopic (exact) mass is 384 g/mol. The van der Waals surface area contributed by atoms with Crippen LogP contribution in [0.1, 0.15) is 12.5 Å². The Morgan fingerprint density at radius 2 is 1.71 bits per heavy atom. The van der Waals surface area contributed by atoms with Crippen molar-refractivity contribution in [3.63, 3.8) is 0 Å². The fourth-order valence-corrected chi connectivity index (χ4v) is 3.02. The minimum absolute atomic E-state index is 0.207. The van der Waals surface area contributed by atoms with Crippen molar-refractivity contribution in [3.05, 3.63) is 57.0 Å². The number of rotatable bonds is 4. The lowest BCUT2D eigenvalue weighted by Gasteiger charge is -2.23. The molecule has 0 aromatic heterocycles. The van der Waals surface area contributed by atoms with Gasteiger partial charge in [0.1, 0.15) is 6.54 Å². The van der Waals surface area contributed by atoms with E-state index in [1.807, 2.05) is 6.92 Å². The Morgan fingerprint density at radius 1 is 1.08 bits per heavy atom.